The molecule has 0 atom stereocenters. The second-order valence-corrected chi connectivity index (χ2v) is 5.54. The monoisotopic (exact) mass is 357 g/mol. The Hall–Kier alpha value is -2.60. The average Bonchev–Trinajstić information content (AvgIpc) is 3.00. The van der Waals surface area contributed by atoms with Gasteiger partial charge in [-0.25, -0.2) is 4.98 Å². The fourth-order valence-corrected chi connectivity index (χ4v) is 2.18. The molecule has 0 spiro atoms. The number of nitrogen functional groups attached to an aromatic ring is 1. The zero-order valence-corrected chi connectivity index (χ0v) is 13.0. The highest BCUT2D eigenvalue weighted by molar-refractivity contribution is 9.10. The van der Waals surface area contributed by atoms with Crippen molar-refractivity contribution in [2.24, 2.45) is 0 Å². The molecule has 22 heavy (non-hydrogen) atoms. The van der Waals surface area contributed by atoms with E-state index in [1.807, 2.05) is 18.2 Å². The van der Waals surface area contributed by atoms with Crippen LogP contribution >= 0.6 is 15.9 Å². The average molecular weight is 358 g/mol. The first kappa shape index (κ1) is 14.3. The van der Waals surface area contributed by atoms with Crippen molar-refractivity contribution >= 4 is 33.2 Å². The van der Waals surface area contributed by atoms with Gasteiger partial charge in [0.25, 0.3) is 5.91 Å². The largest absolute Gasteiger partial charge is 0.444 e. The summed E-state index contributed by atoms with van der Waals surface area (Å²) in [4.78, 5) is 16.3. The van der Waals surface area contributed by atoms with Gasteiger partial charge in [-0.3, -0.25) is 4.79 Å². The van der Waals surface area contributed by atoms with Gasteiger partial charge in [-0.2, -0.15) is 0 Å². The molecule has 1 amide bonds. The smallest absolute Gasteiger partial charge is 0.277 e. The van der Waals surface area contributed by atoms with Gasteiger partial charge >= 0.3 is 0 Å². The Balaban J connectivity index is 1.78. The fourth-order valence-electron chi connectivity index (χ4n) is 1.91. The summed E-state index contributed by atoms with van der Waals surface area (Å²) in [5, 5.41) is 2.75. The molecular formula is C16H12BrN3O2. The summed E-state index contributed by atoms with van der Waals surface area (Å²) < 4.78 is 6.29. The highest BCUT2D eigenvalue weighted by atomic mass is 79.9. The molecule has 3 rings (SSSR count). The van der Waals surface area contributed by atoms with Gasteiger partial charge in [0.15, 0.2) is 5.69 Å². The molecule has 110 valence electrons. The van der Waals surface area contributed by atoms with Crippen molar-refractivity contribution in [3.05, 3.63) is 65.0 Å². The first-order valence-corrected chi connectivity index (χ1v) is 7.29. The molecule has 3 N–H and O–H groups in total. The van der Waals surface area contributed by atoms with Crippen molar-refractivity contribution in [2.45, 2.75) is 0 Å². The maximum Gasteiger partial charge on any atom is 0.277 e. The van der Waals surface area contributed by atoms with Crippen molar-refractivity contribution in [1.82, 2.24) is 4.98 Å². The van der Waals surface area contributed by atoms with Crippen LogP contribution in [0.3, 0.4) is 0 Å². The number of benzene rings is 2. The maximum absolute atomic E-state index is 12.1. The number of aromatic nitrogens is 1. The molecule has 5 nitrogen and oxygen atoms in total. The molecule has 2 aromatic carbocycles. The van der Waals surface area contributed by atoms with Gasteiger partial charge in [0, 0.05) is 21.4 Å². The Morgan fingerprint density at radius 3 is 2.68 bits per heavy atom. The third-order valence-corrected chi connectivity index (χ3v) is 3.50. The Kier molecular flexibility index (Phi) is 3.93. The number of hydrogen-bond donors (Lipinski definition) is 2. The number of hydrogen-bond acceptors (Lipinski definition) is 4. The number of carbonyl (C=O) groups is 1. The van der Waals surface area contributed by atoms with Crippen molar-refractivity contribution < 1.29 is 9.21 Å². The number of nitrogens with two attached hydrogens (primary N) is 1. The van der Waals surface area contributed by atoms with E-state index in [1.54, 1.807) is 30.3 Å². The molecule has 0 saturated carbocycles. The number of carbonyl (C=O) groups excluding carboxylic acids is 1. The molecule has 6 heteroatoms. The quantitative estimate of drug-likeness (QED) is 0.695. The first-order valence-electron chi connectivity index (χ1n) is 6.50. The molecule has 1 aromatic heterocycles. The second kappa shape index (κ2) is 6.03. The van der Waals surface area contributed by atoms with Crippen LogP contribution in [0.15, 0.2) is 63.7 Å². The molecule has 0 saturated heterocycles. The van der Waals surface area contributed by atoms with Crippen LogP contribution in [-0.4, -0.2) is 10.9 Å². The molecule has 0 aliphatic carbocycles. The molecule has 0 aliphatic rings. The Bertz CT molecular complexity index is 812. The Morgan fingerprint density at radius 1 is 1.18 bits per heavy atom. The van der Waals surface area contributed by atoms with Crippen LogP contribution < -0.4 is 11.1 Å². The topological polar surface area (TPSA) is 81.1 Å². The van der Waals surface area contributed by atoms with Crippen LogP contribution in [0.4, 0.5) is 11.4 Å². The number of halogens is 1. The standard InChI is InChI=1S/C16H12BrN3O2/c17-11-4-6-13(7-5-11)19-15(21)14-9-22-16(20-14)10-2-1-3-12(18)8-10/h1-9H,18H2,(H,19,21). The second-order valence-electron chi connectivity index (χ2n) is 4.62. The van der Waals surface area contributed by atoms with Gasteiger partial charge in [-0.15, -0.1) is 0 Å². The SMILES string of the molecule is Nc1cccc(-c2nc(C(=O)Nc3ccc(Br)cc3)co2)c1. The van der Waals surface area contributed by atoms with Gasteiger partial charge in [0.05, 0.1) is 0 Å². The van der Waals surface area contributed by atoms with E-state index in [-0.39, 0.29) is 11.6 Å². The van der Waals surface area contributed by atoms with Crippen molar-refractivity contribution in [2.75, 3.05) is 11.1 Å². The van der Waals surface area contributed by atoms with Gasteiger partial charge in [-0.1, -0.05) is 22.0 Å². The molecule has 0 fully saturated rings. The summed E-state index contributed by atoms with van der Waals surface area (Å²) in [6, 6.07) is 14.4. The van der Waals surface area contributed by atoms with Crippen LogP contribution in [0, 0.1) is 0 Å². The third-order valence-electron chi connectivity index (χ3n) is 2.97. The lowest BCUT2D eigenvalue weighted by molar-refractivity contribution is 0.102. The van der Waals surface area contributed by atoms with E-state index in [0.717, 1.165) is 10.0 Å². The molecule has 0 aliphatic heterocycles. The predicted octanol–water partition coefficient (Wildman–Crippen LogP) is 3.94. The highest BCUT2D eigenvalue weighted by Gasteiger charge is 2.13. The highest BCUT2D eigenvalue weighted by Crippen LogP contribution is 2.21. The lowest BCUT2D eigenvalue weighted by Gasteiger charge is -2.02. The molecule has 1 heterocycles. The van der Waals surface area contributed by atoms with Gasteiger partial charge < -0.3 is 15.5 Å². The summed E-state index contributed by atoms with van der Waals surface area (Å²) in [6.45, 7) is 0. The van der Waals surface area contributed by atoms with Gasteiger partial charge in [-0.05, 0) is 42.5 Å². The minimum absolute atomic E-state index is 0.209. The van der Waals surface area contributed by atoms with Gasteiger partial charge in [0.2, 0.25) is 5.89 Å². The molecular weight excluding hydrogens is 346 g/mol. The number of oxazole rings is 1. The summed E-state index contributed by atoms with van der Waals surface area (Å²) >= 11 is 3.34. The van der Waals surface area contributed by atoms with Crippen LogP contribution in [0.5, 0.6) is 0 Å². The molecule has 0 bridgehead atoms. The molecule has 0 unspecified atom stereocenters. The predicted molar refractivity (Wildman–Crippen MR) is 88.4 cm³/mol. The number of anilines is 2. The summed E-state index contributed by atoms with van der Waals surface area (Å²) in [7, 11) is 0. The summed E-state index contributed by atoms with van der Waals surface area (Å²) in [6.07, 6.45) is 1.33. The summed E-state index contributed by atoms with van der Waals surface area (Å²) in [5.74, 6) is 0.0227. The lowest BCUT2D eigenvalue weighted by Crippen LogP contribution is -2.12. The molecule has 0 radical (unpaired) electrons. The third kappa shape index (κ3) is 3.17. The number of nitrogens with zero attached hydrogens (tertiary/aromatic N) is 1. The first-order chi connectivity index (χ1) is 10.6. The van der Waals surface area contributed by atoms with E-state index >= 15 is 0 Å². The van der Waals surface area contributed by atoms with Crippen LogP contribution in [0.25, 0.3) is 11.5 Å². The van der Waals surface area contributed by atoms with E-state index < -0.39 is 0 Å². The number of nitrogens with one attached hydrogen (secondary N) is 1. The van der Waals surface area contributed by atoms with E-state index in [0.29, 0.717) is 17.3 Å². The van der Waals surface area contributed by atoms with Crippen LogP contribution in [-0.2, 0) is 0 Å². The minimum Gasteiger partial charge on any atom is -0.444 e. The lowest BCUT2D eigenvalue weighted by atomic mass is 10.2. The normalized spacial score (nSPS) is 10.4. The van der Waals surface area contributed by atoms with Crippen molar-refractivity contribution in [1.29, 1.82) is 0 Å². The zero-order chi connectivity index (χ0) is 15.5. The Labute approximate surface area is 135 Å². The van der Waals surface area contributed by atoms with Crippen molar-refractivity contribution in [3.8, 4) is 11.5 Å². The summed E-state index contributed by atoms with van der Waals surface area (Å²) in [5.41, 5.74) is 7.95. The molecule has 3 aromatic rings. The maximum atomic E-state index is 12.1. The zero-order valence-electron chi connectivity index (χ0n) is 11.4. The van der Waals surface area contributed by atoms with Crippen molar-refractivity contribution in [3.63, 3.8) is 0 Å². The van der Waals surface area contributed by atoms with Crippen LogP contribution in [0.2, 0.25) is 0 Å². The number of amides is 1. The minimum atomic E-state index is -0.332. The van der Waals surface area contributed by atoms with Crippen LogP contribution in [0.1, 0.15) is 10.5 Å². The number of rotatable bonds is 3. The Morgan fingerprint density at radius 2 is 1.95 bits per heavy atom. The van der Waals surface area contributed by atoms with Gasteiger partial charge in [0.1, 0.15) is 6.26 Å². The van der Waals surface area contributed by atoms with E-state index in [4.69, 9.17) is 10.2 Å². The fraction of sp³-hybridized carbons (Fsp3) is 0. The van der Waals surface area contributed by atoms with E-state index in [9.17, 15) is 4.79 Å². The van der Waals surface area contributed by atoms with E-state index in [1.165, 1.54) is 6.26 Å². The van der Waals surface area contributed by atoms with E-state index in [2.05, 4.69) is 26.2 Å².